The van der Waals surface area contributed by atoms with Crippen LogP contribution in [0.2, 0.25) is 5.02 Å². The van der Waals surface area contributed by atoms with Gasteiger partial charge in [0.25, 0.3) is 15.9 Å². The maximum atomic E-state index is 13.5. The first-order valence-corrected chi connectivity index (χ1v) is 12.8. The number of nitrogens with one attached hydrogen (secondary N) is 1. The Morgan fingerprint density at radius 2 is 1.78 bits per heavy atom. The van der Waals surface area contributed by atoms with Gasteiger partial charge in [-0.05, 0) is 67.6 Å². The molecule has 1 aliphatic heterocycles. The maximum absolute atomic E-state index is 13.5. The summed E-state index contributed by atoms with van der Waals surface area (Å²) in [6, 6.07) is 17.5. The van der Waals surface area contributed by atoms with Crippen LogP contribution in [0.4, 0.5) is 5.69 Å². The van der Waals surface area contributed by atoms with Crippen LogP contribution in [0.3, 0.4) is 0 Å². The van der Waals surface area contributed by atoms with Crippen LogP contribution in [0.5, 0.6) is 17.2 Å². The fraction of sp³-hybridized carbons (Fsp3) is 0.200. The fourth-order valence-corrected chi connectivity index (χ4v) is 5.06. The number of carbonyl (C=O) groups is 1. The smallest absolute Gasteiger partial charge is 0.264 e. The minimum atomic E-state index is -4.11. The van der Waals surface area contributed by atoms with Gasteiger partial charge in [-0.1, -0.05) is 17.7 Å². The van der Waals surface area contributed by atoms with Crippen molar-refractivity contribution in [2.45, 2.75) is 11.8 Å². The van der Waals surface area contributed by atoms with Gasteiger partial charge in [-0.3, -0.25) is 9.10 Å². The number of hydrogen-bond donors (Lipinski definition) is 1. The first-order valence-electron chi connectivity index (χ1n) is 10.9. The number of amides is 1. The summed E-state index contributed by atoms with van der Waals surface area (Å²) in [5.74, 6) is 1.11. The van der Waals surface area contributed by atoms with E-state index in [4.69, 9.17) is 25.8 Å². The molecule has 0 saturated carbocycles. The van der Waals surface area contributed by atoms with Gasteiger partial charge in [-0.2, -0.15) is 5.10 Å². The molecule has 0 unspecified atom stereocenters. The highest BCUT2D eigenvalue weighted by Gasteiger charge is 2.27. The predicted octanol–water partition coefficient (Wildman–Crippen LogP) is 3.86. The van der Waals surface area contributed by atoms with E-state index in [-0.39, 0.29) is 10.6 Å². The number of benzene rings is 3. The van der Waals surface area contributed by atoms with Gasteiger partial charge in [0, 0.05) is 10.6 Å². The van der Waals surface area contributed by atoms with Crippen LogP contribution in [0.15, 0.2) is 76.7 Å². The maximum Gasteiger partial charge on any atom is 0.264 e. The van der Waals surface area contributed by atoms with E-state index in [0.717, 1.165) is 9.87 Å². The molecule has 1 aliphatic rings. The summed E-state index contributed by atoms with van der Waals surface area (Å²) in [4.78, 5) is 12.8. The second-order valence-electron chi connectivity index (χ2n) is 7.76. The van der Waals surface area contributed by atoms with Gasteiger partial charge in [-0.15, -0.1) is 0 Å². The molecule has 0 bridgehead atoms. The molecular formula is C25H24ClN3O6S. The Morgan fingerprint density at radius 1 is 1.06 bits per heavy atom. The molecule has 1 heterocycles. The Morgan fingerprint density at radius 3 is 2.47 bits per heavy atom. The first kappa shape index (κ1) is 25.3. The Balaban J connectivity index is 1.56. The highest BCUT2D eigenvalue weighted by atomic mass is 35.5. The standard InChI is InChI=1S/C25H24ClN3O6S/c1-17(18-6-11-23-24(14-18)35-13-12-34-23)27-28-25(30)16-29(20-5-3-4-19(26)15-20)36(31,32)22-9-7-21(33-2)8-10-22/h3-11,14-15H,12-13,16H2,1-2H3,(H,28,30)/b27-17-. The van der Waals surface area contributed by atoms with Crippen molar-refractivity contribution in [1.29, 1.82) is 0 Å². The second-order valence-corrected chi connectivity index (χ2v) is 10.1. The van der Waals surface area contributed by atoms with Crippen LogP contribution in [0, 0.1) is 0 Å². The first-order chi connectivity index (χ1) is 17.3. The molecule has 0 aromatic heterocycles. The molecule has 0 saturated heterocycles. The minimum absolute atomic E-state index is 0.00737. The van der Waals surface area contributed by atoms with Crippen LogP contribution >= 0.6 is 11.6 Å². The number of halogens is 1. The number of nitrogens with zero attached hydrogens (tertiary/aromatic N) is 2. The van der Waals surface area contributed by atoms with Gasteiger partial charge in [0.1, 0.15) is 25.5 Å². The summed E-state index contributed by atoms with van der Waals surface area (Å²) in [7, 11) is -2.63. The lowest BCUT2D eigenvalue weighted by Gasteiger charge is -2.24. The summed E-state index contributed by atoms with van der Waals surface area (Å²) >= 11 is 6.10. The zero-order valence-electron chi connectivity index (χ0n) is 19.6. The van der Waals surface area contributed by atoms with E-state index in [1.54, 1.807) is 43.3 Å². The van der Waals surface area contributed by atoms with Crippen LogP contribution in [0.1, 0.15) is 12.5 Å². The quantitative estimate of drug-likeness (QED) is 0.351. The molecule has 3 aromatic carbocycles. The Hall–Kier alpha value is -3.76. The molecule has 11 heteroatoms. The highest BCUT2D eigenvalue weighted by molar-refractivity contribution is 7.92. The number of rotatable bonds is 8. The second kappa shape index (κ2) is 10.9. The zero-order valence-corrected chi connectivity index (χ0v) is 21.2. The monoisotopic (exact) mass is 529 g/mol. The molecule has 0 aliphatic carbocycles. The molecule has 0 fully saturated rings. The van der Waals surface area contributed by atoms with Crippen molar-refractivity contribution in [3.8, 4) is 17.2 Å². The predicted molar refractivity (Wildman–Crippen MR) is 137 cm³/mol. The van der Waals surface area contributed by atoms with Crippen molar-refractivity contribution in [1.82, 2.24) is 5.43 Å². The highest BCUT2D eigenvalue weighted by Crippen LogP contribution is 2.31. The number of anilines is 1. The topological polar surface area (TPSA) is 107 Å². The van der Waals surface area contributed by atoms with Gasteiger partial charge < -0.3 is 14.2 Å². The van der Waals surface area contributed by atoms with Crippen LogP contribution in [-0.4, -0.2) is 46.9 Å². The van der Waals surface area contributed by atoms with Crippen molar-refractivity contribution in [2.75, 3.05) is 31.2 Å². The number of hydrazone groups is 1. The number of carbonyl (C=O) groups excluding carboxylic acids is 1. The number of hydrogen-bond acceptors (Lipinski definition) is 7. The van der Waals surface area contributed by atoms with E-state index in [1.165, 1.54) is 37.4 Å². The van der Waals surface area contributed by atoms with Crippen molar-refractivity contribution in [3.63, 3.8) is 0 Å². The van der Waals surface area contributed by atoms with E-state index >= 15 is 0 Å². The van der Waals surface area contributed by atoms with Crippen molar-refractivity contribution in [2.24, 2.45) is 5.10 Å². The van der Waals surface area contributed by atoms with Gasteiger partial charge >= 0.3 is 0 Å². The third kappa shape index (κ3) is 5.72. The van der Waals surface area contributed by atoms with E-state index in [2.05, 4.69) is 10.5 Å². The summed E-state index contributed by atoms with van der Waals surface area (Å²) in [6.07, 6.45) is 0. The summed E-state index contributed by atoms with van der Waals surface area (Å²) in [5, 5.41) is 4.47. The third-order valence-electron chi connectivity index (χ3n) is 5.34. The van der Waals surface area contributed by atoms with Gasteiger partial charge in [-0.25, -0.2) is 13.8 Å². The molecular weight excluding hydrogens is 506 g/mol. The van der Waals surface area contributed by atoms with E-state index in [0.29, 0.717) is 41.2 Å². The lowest BCUT2D eigenvalue weighted by Crippen LogP contribution is -2.39. The molecule has 0 spiro atoms. The van der Waals surface area contributed by atoms with E-state index < -0.39 is 22.5 Å². The Kier molecular flexibility index (Phi) is 7.66. The fourth-order valence-electron chi connectivity index (χ4n) is 3.47. The zero-order chi connectivity index (χ0) is 25.7. The molecule has 36 heavy (non-hydrogen) atoms. The summed E-state index contributed by atoms with van der Waals surface area (Å²) < 4.78 is 44.1. The molecule has 0 atom stereocenters. The third-order valence-corrected chi connectivity index (χ3v) is 7.36. The van der Waals surface area contributed by atoms with Crippen molar-refractivity contribution < 1.29 is 27.4 Å². The summed E-state index contributed by atoms with van der Waals surface area (Å²) in [6.45, 7) is 2.13. The van der Waals surface area contributed by atoms with E-state index in [1.807, 2.05) is 0 Å². The average Bonchev–Trinajstić information content (AvgIpc) is 2.90. The number of fused-ring (bicyclic) bond motifs is 1. The van der Waals surface area contributed by atoms with Crippen LogP contribution < -0.4 is 23.9 Å². The number of ether oxygens (including phenoxy) is 3. The molecule has 1 N–H and O–H groups in total. The van der Waals surface area contributed by atoms with E-state index in [9.17, 15) is 13.2 Å². The molecule has 4 rings (SSSR count). The van der Waals surface area contributed by atoms with Crippen molar-refractivity contribution in [3.05, 3.63) is 77.3 Å². The molecule has 9 nitrogen and oxygen atoms in total. The molecule has 188 valence electrons. The van der Waals surface area contributed by atoms with Gasteiger partial charge in [0.15, 0.2) is 11.5 Å². The normalized spacial score (nSPS) is 13.1. The van der Waals surface area contributed by atoms with Gasteiger partial charge in [0.05, 0.1) is 23.4 Å². The number of methoxy groups -OCH3 is 1. The van der Waals surface area contributed by atoms with Crippen LogP contribution in [0.25, 0.3) is 0 Å². The molecule has 0 radical (unpaired) electrons. The SMILES string of the molecule is COc1ccc(S(=O)(=O)N(CC(=O)N/N=C(/C)c2ccc3c(c2)OCCO3)c2cccc(Cl)c2)cc1. The Bertz CT molecular complexity index is 1390. The van der Waals surface area contributed by atoms with Crippen LogP contribution in [-0.2, 0) is 14.8 Å². The van der Waals surface area contributed by atoms with Crippen molar-refractivity contribution >= 4 is 38.9 Å². The average molecular weight is 530 g/mol. The van der Waals surface area contributed by atoms with Gasteiger partial charge in [0.2, 0.25) is 0 Å². The lowest BCUT2D eigenvalue weighted by molar-refractivity contribution is -0.119. The lowest BCUT2D eigenvalue weighted by atomic mass is 10.1. The molecule has 3 aromatic rings. The minimum Gasteiger partial charge on any atom is -0.497 e. The molecule has 1 amide bonds. The number of sulfonamides is 1. The Labute approximate surface area is 214 Å². The largest absolute Gasteiger partial charge is 0.497 e. The summed E-state index contributed by atoms with van der Waals surface area (Å²) in [5.41, 5.74) is 3.90.